The third-order valence-corrected chi connectivity index (χ3v) is 3.21. The Kier molecular flexibility index (Phi) is 5.97. The van der Waals surface area contributed by atoms with E-state index in [0.717, 1.165) is 12.1 Å². The molecule has 0 bridgehead atoms. The molecule has 0 unspecified atom stereocenters. The molecular weight excluding hydrogens is 318 g/mol. The zero-order chi connectivity index (χ0) is 17.5. The van der Waals surface area contributed by atoms with Gasteiger partial charge in [-0.25, -0.2) is 8.78 Å². The van der Waals surface area contributed by atoms with Crippen molar-refractivity contribution in [3.8, 4) is 0 Å². The molecule has 0 aliphatic carbocycles. The van der Waals surface area contributed by atoms with Crippen molar-refractivity contribution in [3.63, 3.8) is 0 Å². The number of halogens is 2. The van der Waals surface area contributed by atoms with Crippen LogP contribution in [0.15, 0.2) is 42.5 Å². The lowest BCUT2D eigenvalue weighted by atomic mass is 10.1. The van der Waals surface area contributed by atoms with E-state index in [-0.39, 0.29) is 18.1 Å². The number of benzene rings is 2. The fourth-order valence-corrected chi connectivity index (χ4v) is 1.93. The van der Waals surface area contributed by atoms with Gasteiger partial charge in [-0.15, -0.1) is 0 Å². The van der Waals surface area contributed by atoms with Crippen LogP contribution in [-0.4, -0.2) is 30.1 Å². The number of hydrogen-bond donors (Lipinski definition) is 3. The second-order valence-electron chi connectivity index (χ2n) is 4.99. The normalized spacial score (nSPS) is 10.3. The average molecular weight is 334 g/mol. The van der Waals surface area contributed by atoms with E-state index < -0.39 is 17.5 Å². The topological polar surface area (TPSA) is 78.4 Å². The maximum absolute atomic E-state index is 13.1. The molecule has 0 saturated carbocycles. The standard InChI is InChI=1S/C17H16F2N2O3/c18-14-7-4-12(10-15(14)19)17(24)21-13-5-2-11(3-6-13)16(23)20-8-1-9-22/h2-7,10,22H,1,8-9H2,(H,20,23)(H,21,24). The second kappa shape index (κ2) is 8.16. The van der Waals surface area contributed by atoms with Crippen LogP contribution in [-0.2, 0) is 0 Å². The molecule has 0 aliphatic heterocycles. The van der Waals surface area contributed by atoms with Gasteiger partial charge in [-0.05, 0) is 48.9 Å². The van der Waals surface area contributed by atoms with Crippen LogP contribution in [0.25, 0.3) is 0 Å². The number of aliphatic hydroxyl groups is 1. The highest BCUT2D eigenvalue weighted by Crippen LogP contribution is 2.13. The minimum absolute atomic E-state index is 0.00473. The SMILES string of the molecule is O=C(NCCCO)c1ccc(NC(=O)c2ccc(F)c(F)c2)cc1. The summed E-state index contributed by atoms with van der Waals surface area (Å²) in [4.78, 5) is 23.8. The van der Waals surface area contributed by atoms with Crippen LogP contribution in [0.3, 0.4) is 0 Å². The van der Waals surface area contributed by atoms with Gasteiger partial charge in [0.1, 0.15) is 0 Å². The Morgan fingerprint density at radius 3 is 2.21 bits per heavy atom. The predicted molar refractivity (Wildman–Crippen MR) is 84.8 cm³/mol. The first-order valence-electron chi connectivity index (χ1n) is 7.27. The number of rotatable bonds is 6. The van der Waals surface area contributed by atoms with Gasteiger partial charge >= 0.3 is 0 Å². The molecule has 2 aromatic rings. The van der Waals surface area contributed by atoms with Gasteiger partial charge in [0.25, 0.3) is 11.8 Å². The van der Waals surface area contributed by atoms with Gasteiger partial charge in [-0.1, -0.05) is 0 Å². The molecule has 2 aromatic carbocycles. The lowest BCUT2D eigenvalue weighted by molar-refractivity contribution is 0.0950. The van der Waals surface area contributed by atoms with Crippen molar-refractivity contribution < 1.29 is 23.5 Å². The van der Waals surface area contributed by atoms with Gasteiger partial charge in [0, 0.05) is 30.0 Å². The van der Waals surface area contributed by atoms with E-state index in [0.29, 0.717) is 24.2 Å². The summed E-state index contributed by atoms with van der Waals surface area (Å²) < 4.78 is 26.0. The number of hydrogen-bond acceptors (Lipinski definition) is 3. The maximum atomic E-state index is 13.1. The van der Waals surface area contributed by atoms with E-state index in [1.807, 2.05) is 0 Å². The zero-order valence-corrected chi connectivity index (χ0v) is 12.7. The molecule has 0 aromatic heterocycles. The molecule has 5 nitrogen and oxygen atoms in total. The lowest BCUT2D eigenvalue weighted by Crippen LogP contribution is -2.25. The van der Waals surface area contributed by atoms with E-state index in [1.165, 1.54) is 30.3 Å². The molecule has 3 N–H and O–H groups in total. The number of aliphatic hydroxyl groups excluding tert-OH is 1. The molecule has 0 saturated heterocycles. The molecule has 0 heterocycles. The van der Waals surface area contributed by atoms with Crippen LogP contribution in [0.2, 0.25) is 0 Å². The highest BCUT2D eigenvalue weighted by atomic mass is 19.2. The zero-order valence-electron chi connectivity index (χ0n) is 12.7. The fraction of sp³-hybridized carbons (Fsp3) is 0.176. The van der Waals surface area contributed by atoms with E-state index >= 15 is 0 Å². The average Bonchev–Trinajstić information content (AvgIpc) is 2.58. The van der Waals surface area contributed by atoms with Gasteiger partial charge < -0.3 is 15.7 Å². The second-order valence-corrected chi connectivity index (χ2v) is 4.99. The van der Waals surface area contributed by atoms with E-state index in [2.05, 4.69) is 10.6 Å². The van der Waals surface area contributed by atoms with Gasteiger partial charge in [0.2, 0.25) is 0 Å². The summed E-state index contributed by atoms with van der Waals surface area (Å²) in [7, 11) is 0. The largest absolute Gasteiger partial charge is 0.396 e. The summed E-state index contributed by atoms with van der Waals surface area (Å²) in [5.74, 6) is -3.00. The Labute approximate surface area is 137 Å². The van der Waals surface area contributed by atoms with E-state index in [1.54, 1.807) is 0 Å². The molecule has 126 valence electrons. The Hall–Kier alpha value is -2.80. The number of amides is 2. The van der Waals surface area contributed by atoms with Crippen LogP contribution < -0.4 is 10.6 Å². The Bertz CT molecular complexity index is 733. The van der Waals surface area contributed by atoms with Crippen LogP contribution in [0.5, 0.6) is 0 Å². The van der Waals surface area contributed by atoms with Crippen molar-refractivity contribution in [2.24, 2.45) is 0 Å². The van der Waals surface area contributed by atoms with Crippen molar-refractivity contribution in [1.82, 2.24) is 5.32 Å². The highest BCUT2D eigenvalue weighted by molar-refractivity contribution is 6.04. The minimum Gasteiger partial charge on any atom is -0.396 e. The summed E-state index contributed by atoms with van der Waals surface area (Å²) in [6, 6.07) is 8.97. The number of carbonyl (C=O) groups excluding carboxylic acids is 2. The first-order valence-corrected chi connectivity index (χ1v) is 7.27. The smallest absolute Gasteiger partial charge is 0.255 e. The van der Waals surface area contributed by atoms with Crippen molar-refractivity contribution in [2.75, 3.05) is 18.5 Å². The van der Waals surface area contributed by atoms with Crippen LogP contribution >= 0.6 is 0 Å². The molecule has 0 aliphatic rings. The van der Waals surface area contributed by atoms with Gasteiger partial charge in [0.15, 0.2) is 11.6 Å². The molecule has 0 atom stereocenters. The summed E-state index contributed by atoms with van der Waals surface area (Å²) >= 11 is 0. The summed E-state index contributed by atoms with van der Waals surface area (Å²) in [6.07, 6.45) is 0.466. The van der Waals surface area contributed by atoms with Crippen molar-refractivity contribution >= 4 is 17.5 Å². The summed E-state index contributed by atoms with van der Waals surface area (Å²) in [6.45, 7) is 0.360. The number of carbonyl (C=O) groups is 2. The summed E-state index contributed by atoms with van der Waals surface area (Å²) in [5, 5.41) is 13.8. The molecule has 0 fully saturated rings. The third kappa shape index (κ3) is 4.60. The van der Waals surface area contributed by atoms with Gasteiger partial charge in [0.05, 0.1) is 0 Å². The van der Waals surface area contributed by atoms with Crippen LogP contribution in [0.4, 0.5) is 14.5 Å². The maximum Gasteiger partial charge on any atom is 0.255 e. The first-order chi connectivity index (χ1) is 11.5. The number of anilines is 1. The summed E-state index contributed by atoms with van der Waals surface area (Å²) in [5.41, 5.74) is 0.801. The van der Waals surface area contributed by atoms with E-state index in [4.69, 9.17) is 5.11 Å². The van der Waals surface area contributed by atoms with E-state index in [9.17, 15) is 18.4 Å². The van der Waals surface area contributed by atoms with Crippen molar-refractivity contribution in [3.05, 3.63) is 65.2 Å². The molecular formula is C17H16F2N2O3. The molecule has 0 spiro atoms. The Morgan fingerprint density at radius 1 is 0.917 bits per heavy atom. The van der Waals surface area contributed by atoms with Gasteiger partial charge in [-0.3, -0.25) is 9.59 Å². The van der Waals surface area contributed by atoms with Gasteiger partial charge in [-0.2, -0.15) is 0 Å². The fourth-order valence-electron chi connectivity index (χ4n) is 1.93. The van der Waals surface area contributed by atoms with Crippen LogP contribution in [0.1, 0.15) is 27.1 Å². The molecule has 2 amide bonds. The predicted octanol–water partition coefficient (Wildman–Crippen LogP) is 2.33. The monoisotopic (exact) mass is 334 g/mol. The lowest BCUT2D eigenvalue weighted by Gasteiger charge is -2.07. The quantitative estimate of drug-likeness (QED) is 0.710. The Morgan fingerprint density at radius 2 is 1.58 bits per heavy atom. The van der Waals surface area contributed by atoms with Crippen LogP contribution in [0, 0.1) is 11.6 Å². The highest BCUT2D eigenvalue weighted by Gasteiger charge is 2.10. The molecule has 7 heteroatoms. The minimum atomic E-state index is -1.10. The molecule has 2 rings (SSSR count). The number of nitrogens with one attached hydrogen (secondary N) is 2. The van der Waals surface area contributed by atoms with Crippen molar-refractivity contribution in [2.45, 2.75) is 6.42 Å². The third-order valence-electron chi connectivity index (χ3n) is 3.21. The molecule has 24 heavy (non-hydrogen) atoms. The first kappa shape index (κ1) is 17.6. The Balaban J connectivity index is 1.99. The van der Waals surface area contributed by atoms with Crippen molar-refractivity contribution in [1.29, 1.82) is 0 Å². The molecule has 0 radical (unpaired) electrons.